The highest BCUT2D eigenvalue weighted by Crippen LogP contribution is 2.34. The number of carbonyl (C=O) groups excluding carboxylic acids is 1. The van der Waals surface area contributed by atoms with Crippen molar-refractivity contribution in [2.75, 3.05) is 7.11 Å². The number of aryl methyl sites for hydroxylation is 1. The summed E-state index contributed by atoms with van der Waals surface area (Å²) in [5, 5.41) is 0. The summed E-state index contributed by atoms with van der Waals surface area (Å²) >= 11 is 0. The molecule has 1 aliphatic rings. The summed E-state index contributed by atoms with van der Waals surface area (Å²) in [6.45, 7) is 2.23. The first kappa shape index (κ1) is 19.5. The van der Waals surface area contributed by atoms with E-state index in [-0.39, 0.29) is 12.1 Å². The third kappa shape index (κ3) is 5.35. The van der Waals surface area contributed by atoms with Crippen LogP contribution in [0.2, 0.25) is 0 Å². The van der Waals surface area contributed by atoms with Crippen LogP contribution in [0.4, 0.5) is 0 Å². The third-order valence-corrected chi connectivity index (χ3v) is 5.54. The zero-order valence-electron chi connectivity index (χ0n) is 16.4. The Balaban J connectivity index is 1.48. The second-order valence-electron chi connectivity index (χ2n) is 7.45. The Hall–Kier alpha value is -2.29. The maximum atomic E-state index is 12.3. The number of unbranched alkanes of at least 4 members (excludes halogenated alkanes) is 1. The van der Waals surface area contributed by atoms with Crippen LogP contribution in [-0.2, 0) is 11.2 Å². The van der Waals surface area contributed by atoms with Gasteiger partial charge in [0.1, 0.15) is 11.9 Å². The van der Waals surface area contributed by atoms with Crippen LogP contribution in [0.3, 0.4) is 0 Å². The number of benzene rings is 2. The van der Waals surface area contributed by atoms with Crippen molar-refractivity contribution in [3.8, 4) is 5.75 Å². The molecular weight excluding hydrogens is 336 g/mol. The molecule has 144 valence electrons. The van der Waals surface area contributed by atoms with Gasteiger partial charge in [-0.15, -0.1) is 0 Å². The third-order valence-electron chi connectivity index (χ3n) is 5.54. The molecule has 2 aromatic rings. The zero-order chi connectivity index (χ0) is 19.1. The van der Waals surface area contributed by atoms with Crippen molar-refractivity contribution >= 4 is 5.97 Å². The van der Waals surface area contributed by atoms with Gasteiger partial charge in [-0.25, -0.2) is 4.79 Å². The lowest BCUT2D eigenvalue weighted by molar-refractivity contribution is 0.0195. The first-order valence-corrected chi connectivity index (χ1v) is 10.1. The van der Waals surface area contributed by atoms with Crippen LogP contribution < -0.4 is 4.74 Å². The molecule has 2 aromatic carbocycles. The van der Waals surface area contributed by atoms with Gasteiger partial charge < -0.3 is 9.47 Å². The number of hydrogen-bond acceptors (Lipinski definition) is 3. The molecule has 0 unspecified atom stereocenters. The molecule has 0 heterocycles. The van der Waals surface area contributed by atoms with E-state index in [0.717, 1.165) is 31.4 Å². The molecule has 1 fully saturated rings. The molecule has 1 aliphatic carbocycles. The SMILES string of the molecule is CCCCc1ccc(C2CCC(OC(=O)c3ccc(OC)cc3)CC2)cc1. The average molecular weight is 367 g/mol. The predicted molar refractivity (Wildman–Crippen MR) is 108 cm³/mol. The summed E-state index contributed by atoms with van der Waals surface area (Å²) in [6, 6.07) is 16.2. The van der Waals surface area contributed by atoms with Gasteiger partial charge in [0.05, 0.1) is 12.7 Å². The number of carbonyl (C=O) groups is 1. The van der Waals surface area contributed by atoms with Gasteiger partial charge in [-0.05, 0) is 79.8 Å². The minimum atomic E-state index is -0.235. The van der Waals surface area contributed by atoms with E-state index in [9.17, 15) is 4.79 Å². The Labute approximate surface area is 162 Å². The fraction of sp³-hybridized carbons (Fsp3) is 0.458. The molecule has 0 aromatic heterocycles. The van der Waals surface area contributed by atoms with Crippen molar-refractivity contribution in [3.63, 3.8) is 0 Å². The van der Waals surface area contributed by atoms with Crippen LogP contribution in [-0.4, -0.2) is 19.2 Å². The Morgan fingerprint density at radius 2 is 1.63 bits per heavy atom. The van der Waals surface area contributed by atoms with Crippen LogP contribution >= 0.6 is 0 Å². The van der Waals surface area contributed by atoms with Gasteiger partial charge in [0.15, 0.2) is 0 Å². The largest absolute Gasteiger partial charge is 0.497 e. The lowest BCUT2D eigenvalue weighted by Gasteiger charge is -2.28. The summed E-state index contributed by atoms with van der Waals surface area (Å²) < 4.78 is 10.8. The van der Waals surface area contributed by atoms with Crippen LogP contribution in [0, 0.1) is 0 Å². The lowest BCUT2D eigenvalue weighted by atomic mass is 9.82. The van der Waals surface area contributed by atoms with E-state index < -0.39 is 0 Å². The maximum Gasteiger partial charge on any atom is 0.338 e. The van der Waals surface area contributed by atoms with Gasteiger partial charge in [0.2, 0.25) is 0 Å². The second-order valence-corrected chi connectivity index (χ2v) is 7.45. The fourth-order valence-electron chi connectivity index (χ4n) is 3.80. The minimum absolute atomic E-state index is 0.0275. The molecule has 0 saturated heterocycles. The number of esters is 1. The van der Waals surface area contributed by atoms with E-state index in [1.54, 1.807) is 31.4 Å². The minimum Gasteiger partial charge on any atom is -0.497 e. The summed E-state index contributed by atoms with van der Waals surface area (Å²) in [4.78, 5) is 12.3. The van der Waals surface area contributed by atoms with Crippen molar-refractivity contribution < 1.29 is 14.3 Å². The lowest BCUT2D eigenvalue weighted by Crippen LogP contribution is -2.24. The van der Waals surface area contributed by atoms with Gasteiger partial charge in [-0.3, -0.25) is 0 Å². The Bertz CT molecular complexity index is 710. The summed E-state index contributed by atoms with van der Waals surface area (Å²) in [7, 11) is 1.62. The average Bonchev–Trinajstić information content (AvgIpc) is 2.73. The first-order chi connectivity index (χ1) is 13.2. The van der Waals surface area contributed by atoms with Crippen LogP contribution in [0.5, 0.6) is 5.75 Å². The van der Waals surface area contributed by atoms with Crippen molar-refractivity contribution in [2.24, 2.45) is 0 Å². The predicted octanol–water partition coefficient (Wildman–Crippen LogP) is 5.92. The number of rotatable bonds is 7. The molecule has 0 radical (unpaired) electrons. The van der Waals surface area contributed by atoms with E-state index in [1.807, 2.05) is 0 Å². The molecule has 27 heavy (non-hydrogen) atoms. The first-order valence-electron chi connectivity index (χ1n) is 10.1. The van der Waals surface area contributed by atoms with Gasteiger partial charge in [0.25, 0.3) is 0 Å². The normalized spacial score (nSPS) is 19.5. The van der Waals surface area contributed by atoms with Gasteiger partial charge in [-0.2, -0.15) is 0 Å². The number of hydrogen-bond donors (Lipinski definition) is 0. The second kappa shape index (κ2) is 9.59. The van der Waals surface area contributed by atoms with Crippen LogP contribution in [0.25, 0.3) is 0 Å². The standard InChI is InChI=1S/C24H30O3/c1-3-4-5-18-6-8-19(9-7-18)20-10-16-23(17-11-20)27-24(25)21-12-14-22(26-2)15-13-21/h6-9,12-15,20,23H,3-5,10-11,16-17H2,1-2H3. The molecule has 1 saturated carbocycles. The highest BCUT2D eigenvalue weighted by Gasteiger charge is 2.25. The van der Waals surface area contributed by atoms with Crippen LogP contribution in [0.15, 0.2) is 48.5 Å². The van der Waals surface area contributed by atoms with Crippen molar-refractivity contribution in [3.05, 3.63) is 65.2 Å². The van der Waals surface area contributed by atoms with E-state index in [0.29, 0.717) is 11.5 Å². The van der Waals surface area contributed by atoms with Crippen LogP contribution in [0.1, 0.15) is 72.9 Å². The summed E-state index contributed by atoms with van der Waals surface area (Å²) in [5.41, 5.74) is 3.44. The molecule has 0 spiro atoms. The Kier molecular flexibility index (Phi) is 6.92. The Morgan fingerprint density at radius 1 is 0.963 bits per heavy atom. The molecule has 0 atom stereocenters. The van der Waals surface area contributed by atoms with E-state index in [4.69, 9.17) is 9.47 Å². The molecule has 3 nitrogen and oxygen atoms in total. The Morgan fingerprint density at radius 3 is 2.22 bits per heavy atom. The maximum absolute atomic E-state index is 12.3. The molecule has 3 heteroatoms. The summed E-state index contributed by atoms with van der Waals surface area (Å²) in [6.07, 6.45) is 7.72. The van der Waals surface area contributed by atoms with E-state index in [1.165, 1.54) is 30.4 Å². The van der Waals surface area contributed by atoms with E-state index in [2.05, 4.69) is 31.2 Å². The summed E-state index contributed by atoms with van der Waals surface area (Å²) in [5.74, 6) is 1.09. The molecule has 0 amide bonds. The topological polar surface area (TPSA) is 35.5 Å². The quantitative estimate of drug-likeness (QED) is 0.571. The number of methoxy groups -OCH3 is 1. The monoisotopic (exact) mass is 366 g/mol. The number of ether oxygens (including phenoxy) is 2. The molecule has 3 rings (SSSR count). The molecular formula is C24H30O3. The van der Waals surface area contributed by atoms with Crippen molar-refractivity contribution in [1.82, 2.24) is 0 Å². The highest BCUT2D eigenvalue weighted by atomic mass is 16.5. The van der Waals surface area contributed by atoms with Crippen molar-refractivity contribution in [1.29, 1.82) is 0 Å². The van der Waals surface area contributed by atoms with Gasteiger partial charge in [-0.1, -0.05) is 37.6 Å². The van der Waals surface area contributed by atoms with E-state index >= 15 is 0 Å². The smallest absolute Gasteiger partial charge is 0.338 e. The van der Waals surface area contributed by atoms with Gasteiger partial charge in [0, 0.05) is 0 Å². The van der Waals surface area contributed by atoms with Gasteiger partial charge >= 0.3 is 5.97 Å². The zero-order valence-corrected chi connectivity index (χ0v) is 16.4. The van der Waals surface area contributed by atoms with Crippen molar-refractivity contribution in [2.45, 2.75) is 63.9 Å². The highest BCUT2D eigenvalue weighted by molar-refractivity contribution is 5.89. The molecule has 0 aliphatic heterocycles. The molecule has 0 N–H and O–H groups in total. The fourth-order valence-corrected chi connectivity index (χ4v) is 3.80. The molecule has 0 bridgehead atoms.